The highest BCUT2D eigenvalue weighted by Crippen LogP contribution is 1.95. The SMILES string of the molecule is CC(NC(=O)C(N)CCC(N)=O)C(=O)NCC(=O)NC(CC(=O)O)C(=O)O. The van der Waals surface area contributed by atoms with Crippen molar-refractivity contribution in [3.63, 3.8) is 0 Å². The van der Waals surface area contributed by atoms with Crippen LogP contribution >= 0.6 is 0 Å². The van der Waals surface area contributed by atoms with Gasteiger partial charge in [0.05, 0.1) is 19.0 Å². The third kappa shape index (κ3) is 10.4. The third-order valence-electron chi connectivity index (χ3n) is 3.23. The number of hydrogen-bond acceptors (Lipinski definition) is 7. The summed E-state index contributed by atoms with van der Waals surface area (Å²) in [6.07, 6.45) is -0.931. The van der Waals surface area contributed by atoms with Crippen LogP contribution in [0, 0.1) is 0 Å². The maximum atomic E-state index is 11.8. The smallest absolute Gasteiger partial charge is 0.326 e. The van der Waals surface area contributed by atoms with E-state index in [2.05, 4.69) is 10.6 Å². The maximum Gasteiger partial charge on any atom is 0.326 e. The lowest BCUT2D eigenvalue weighted by atomic mass is 10.1. The molecule has 0 aliphatic heterocycles. The molecule has 0 aromatic heterocycles. The van der Waals surface area contributed by atoms with Crippen molar-refractivity contribution in [1.82, 2.24) is 16.0 Å². The number of hydrogen-bond donors (Lipinski definition) is 7. The molecule has 0 spiro atoms. The Kier molecular flexibility index (Phi) is 10.0. The van der Waals surface area contributed by atoms with Crippen LogP contribution in [0.5, 0.6) is 0 Å². The fraction of sp³-hybridized carbons (Fsp3) is 0.571. The monoisotopic (exact) mass is 389 g/mol. The van der Waals surface area contributed by atoms with Crippen LogP contribution in [0.1, 0.15) is 26.2 Å². The molecule has 0 aliphatic carbocycles. The zero-order valence-electron chi connectivity index (χ0n) is 14.6. The fourth-order valence-corrected chi connectivity index (χ4v) is 1.76. The fourth-order valence-electron chi connectivity index (χ4n) is 1.76. The highest BCUT2D eigenvalue weighted by molar-refractivity contribution is 5.93. The molecular formula is C14H23N5O8. The molecular weight excluding hydrogens is 366 g/mol. The first-order valence-electron chi connectivity index (χ1n) is 7.80. The van der Waals surface area contributed by atoms with Gasteiger partial charge in [0.15, 0.2) is 0 Å². The van der Waals surface area contributed by atoms with Crippen LogP contribution in [0.3, 0.4) is 0 Å². The molecule has 152 valence electrons. The standard InChI is InChI=1S/C14H23N5O8/c1-6(18-13(25)7(15)2-3-9(16)20)12(24)17-5-10(21)19-8(14(26)27)4-11(22)23/h6-8H,2-5,15H2,1H3,(H2,16,20)(H,17,24)(H,18,25)(H,19,21)(H,22,23)(H,26,27). The van der Waals surface area contributed by atoms with Crippen LogP contribution in [0.15, 0.2) is 0 Å². The van der Waals surface area contributed by atoms with E-state index in [1.807, 2.05) is 5.32 Å². The van der Waals surface area contributed by atoms with Crippen molar-refractivity contribution in [1.29, 1.82) is 0 Å². The average molecular weight is 389 g/mol. The predicted octanol–water partition coefficient (Wildman–Crippen LogP) is -3.76. The van der Waals surface area contributed by atoms with Crippen LogP contribution < -0.4 is 27.4 Å². The van der Waals surface area contributed by atoms with Crippen molar-refractivity contribution in [2.75, 3.05) is 6.54 Å². The van der Waals surface area contributed by atoms with E-state index in [4.69, 9.17) is 21.7 Å². The zero-order valence-corrected chi connectivity index (χ0v) is 14.6. The van der Waals surface area contributed by atoms with Gasteiger partial charge < -0.3 is 37.6 Å². The second kappa shape index (κ2) is 11.4. The first-order valence-corrected chi connectivity index (χ1v) is 7.80. The highest BCUT2D eigenvalue weighted by Gasteiger charge is 2.24. The lowest BCUT2D eigenvalue weighted by molar-refractivity contribution is -0.147. The summed E-state index contributed by atoms with van der Waals surface area (Å²) in [5.74, 6) is -5.97. The number of rotatable bonds is 12. The summed E-state index contributed by atoms with van der Waals surface area (Å²) in [5.41, 5.74) is 10.5. The Bertz CT molecular complexity index is 608. The minimum absolute atomic E-state index is 0.00192. The first-order chi connectivity index (χ1) is 12.4. The van der Waals surface area contributed by atoms with Crippen molar-refractivity contribution in [3.05, 3.63) is 0 Å². The lowest BCUT2D eigenvalue weighted by Gasteiger charge is -2.17. The van der Waals surface area contributed by atoms with Gasteiger partial charge in [-0.25, -0.2) is 4.79 Å². The normalized spacial score (nSPS) is 13.6. The van der Waals surface area contributed by atoms with Crippen molar-refractivity contribution in [3.8, 4) is 0 Å². The van der Waals surface area contributed by atoms with Crippen molar-refractivity contribution in [2.45, 2.75) is 44.3 Å². The Morgan fingerprint density at radius 1 is 1.00 bits per heavy atom. The Balaban J connectivity index is 4.41. The number of primary amides is 1. The van der Waals surface area contributed by atoms with Gasteiger partial charge in [-0.05, 0) is 13.3 Å². The van der Waals surface area contributed by atoms with E-state index in [0.29, 0.717) is 0 Å². The summed E-state index contributed by atoms with van der Waals surface area (Å²) in [4.78, 5) is 67.2. The van der Waals surface area contributed by atoms with E-state index in [1.165, 1.54) is 6.92 Å². The van der Waals surface area contributed by atoms with E-state index in [9.17, 15) is 28.8 Å². The summed E-state index contributed by atoms with van der Waals surface area (Å²) in [7, 11) is 0. The minimum atomic E-state index is -1.65. The lowest BCUT2D eigenvalue weighted by Crippen LogP contribution is -2.52. The molecule has 9 N–H and O–H groups in total. The minimum Gasteiger partial charge on any atom is -0.481 e. The van der Waals surface area contributed by atoms with Crippen LogP contribution in [0.4, 0.5) is 0 Å². The van der Waals surface area contributed by atoms with Gasteiger partial charge in [0.1, 0.15) is 12.1 Å². The number of amides is 4. The molecule has 3 unspecified atom stereocenters. The van der Waals surface area contributed by atoms with Crippen molar-refractivity contribution >= 4 is 35.6 Å². The number of carboxylic acids is 2. The molecule has 0 saturated carbocycles. The topological polar surface area (TPSA) is 231 Å². The third-order valence-corrected chi connectivity index (χ3v) is 3.23. The number of carbonyl (C=O) groups is 6. The number of nitrogens with two attached hydrogens (primary N) is 2. The Morgan fingerprint density at radius 3 is 2.07 bits per heavy atom. The molecule has 0 fully saturated rings. The Morgan fingerprint density at radius 2 is 1.59 bits per heavy atom. The molecule has 0 bridgehead atoms. The Labute approximate surface area is 153 Å². The molecule has 0 aromatic rings. The van der Waals surface area contributed by atoms with Crippen molar-refractivity contribution in [2.24, 2.45) is 11.5 Å². The van der Waals surface area contributed by atoms with Gasteiger partial charge in [0.2, 0.25) is 23.6 Å². The number of carbonyl (C=O) groups excluding carboxylic acids is 4. The number of nitrogens with one attached hydrogen (secondary N) is 3. The molecule has 0 saturated heterocycles. The molecule has 3 atom stereocenters. The molecule has 0 aliphatic rings. The van der Waals surface area contributed by atoms with Gasteiger partial charge in [-0.3, -0.25) is 24.0 Å². The van der Waals surface area contributed by atoms with Crippen LogP contribution in [0.2, 0.25) is 0 Å². The molecule has 27 heavy (non-hydrogen) atoms. The molecule has 0 radical (unpaired) electrons. The summed E-state index contributed by atoms with van der Waals surface area (Å²) in [6.45, 7) is 0.687. The zero-order chi connectivity index (χ0) is 21.1. The highest BCUT2D eigenvalue weighted by atomic mass is 16.4. The second-order valence-corrected chi connectivity index (χ2v) is 5.62. The Hall–Kier alpha value is -3.22. The molecule has 0 aromatic carbocycles. The molecule has 4 amide bonds. The van der Waals surface area contributed by atoms with Gasteiger partial charge >= 0.3 is 11.9 Å². The van der Waals surface area contributed by atoms with Gasteiger partial charge in [-0.1, -0.05) is 0 Å². The van der Waals surface area contributed by atoms with E-state index in [-0.39, 0.29) is 12.8 Å². The summed E-state index contributed by atoms with van der Waals surface area (Å²) in [5, 5.41) is 23.8. The van der Waals surface area contributed by atoms with Gasteiger partial charge in [0, 0.05) is 6.42 Å². The average Bonchev–Trinajstić information content (AvgIpc) is 2.55. The van der Waals surface area contributed by atoms with Crippen LogP contribution in [-0.4, -0.2) is 70.5 Å². The quantitative estimate of drug-likeness (QED) is 0.173. The van der Waals surface area contributed by atoms with Crippen LogP contribution in [0.25, 0.3) is 0 Å². The number of carboxylic acid groups (broad SMARTS) is 2. The van der Waals surface area contributed by atoms with E-state index < -0.39 is 66.7 Å². The molecule has 13 heteroatoms. The van der Waals surface area contributed by atoms with E-state index >= 15 is 0 Å². The van der Waals surface area contributed by atoms with Crippen molar-refractivity contribution < 1.29 is 39.0 Å². The maximum absolute atomic E-state index is 11.8. The second-order valence-electron chi connectivity index (χ2n) is 5.62. The predicted molar refractivity (Wildman–Crippen MR) is 88.8 cm³/mol. The molecule has 13 nitrogen and oxygen atoms in total. The van der Waals surface area contributed by atoms with E-state index in [1.54, 1.807) is 0 Å². The summed E-state index contributed by atoms with van der Waals surface area (Å²) >= 11 is 0. The largest absolute Gasteiger partial charge is 0.481 e. The van der Waals surface area contributed by atoms with Gasteiger partial charge in [-0.2, -0.15) is 0 Å². The first kappa shape index (κ1) is 23.8. The summed E-state index contributed by atoms with van der Waals surface area (Å²) in [6, 6.07) is -3.77. The van der Waals surface area contributed by atoms with Gasteiger partial charge in [-0.15, -0.1) is 0 Å². The van der Waals surface area contributed by atoms with Gasteiger partial charge in [0.25, 0.3) is 0 Å². The summed E-state index contributed by atoms with van der Waals surface area (Å²) < 4.78 is 0. The molecule has 0 rings (SSSR count). The van der Waals surface area contributed by atoms with E-state index in [0.717, 1.165) is 0 Å². The molecule has 0 heterocycles. The number of aliphatic carboxylic acids is 2. The van der Waals surface area contributed by atoms with Crippen LogP contribution in [-0.2, 0) is 28.8 Å².